The van der Waals surface area contributed by atoms with E-state index in [1.807, 2.05) is 20.8 Å². The maximum absolute atomic E-state index is 12.8. The molecular formula is C15H21FO3. The third-order valence-corrected chi connectivity index (χ3v) is 2.48. The molecule has 1 unspecified atom stereocenters. The second kappa shape index (κ2) is 6.78. The van der Waals surface area contributed by atoms with Crippen LogP contribution in [-0.2, 0) is 9.47 Å². The Hall–Kier alpha value is -1.26. The first-order valence-corrected chi connectivity index (χ1v) is 6.35. The average Bonchev–Trinajstić information content (AvgIpc) is 2.33. The molecule has 0 saturated carbocycles. The van der Waals surface area contributed by atoms with E-state index in [4.69, 9.17) is 9.47 Å². The summed E-state index contributed by atoms with van der Waals surface area (Å²) in [5.74, 6) is -0.514. The zero-order chi connectivity index (χ0) is 14.5. The first kappa shape index (κ1) is 15.8. The lowest BCUT2D eigenvalue weighted by molar-refractivity contribution is -0.0436. The van der Waals surface area contributed by atoms with Crippen LogP contribution in [0.25, 0.3) is 0 Å². The van der Waals surface area contributed by atoms with Gasteiger partial charge in [-0.15, -0.1) is 0 Å². The van der Waals surface area contributed by atoms with Crippen LogP contribution in [0.4, 0.5) is 4.39 Å². The fourth-order valence-electron chi connectivity index (χ4n) is 1.50. The van der Waals surface area contributed by atoms with Gasteiger partial charge >= 0.3 is 0 Å². The molecule has 1 aromatic carbocycles. The van der Waals surface area contributed by atoms with Gasteiger partial charge < -0.3 is 9.47 Å². The Morgan fingerprint density at radius 2 is 1.79 bits per heavy atom. The molecule has 0 aliphatic carbocycles. The predicted octanol–water partition coefficient (Wildman–Crippen LogP) is 3.23. The van der Waals surface area contributed by atoms with E-state index in [0.29, 0.717) is 18.8 Å². The smallest absolute Gasteiger partial charge is 0.191 e. The third kappa shape index (κ3) is 5.94. The minimum absolute atomic E-state index is 0.157. The molecule has 1 aromatic rings. The molecule has 0 N–H and O–H groups in total. The van der Waals surface area contributed by atoms with Gasteiger partial charge in [-0.25, -0.2) is 4.39 Å². The van der Waals surface area contributed by atoms with Crippen molar-refractivity contribution in [1.82, 2.24) is 0 Å². The zero-order valence-electron chi connectivity index (χ0n) is 11.9. The summed E-state index contributed by atoms with van der Waals surface area (Å²) in [4.78, 5) is 12.0. The minimum atomic E-state index is -0.561. The molecule has 0 heterocycles. The van der Waals surface area contributed by atoms with Gasteiger partial charge in [-0.05, 0) is 52.0 Å². The number of carbonyl (C=O) groups is 1. The molecule has 0 saturated heterocycles. The second-order valence-corrected chi connectivity index (χ2v) is 5.34. The van der Waals surface area contributed by atoms with Gasteiger partial charge in [0.2, 0.25) is 0 Å². The molecule has 106 valence electrons. The fourth-order valence-corrected chi connectivity index (χ4v) is 1.50. The molecule has 0 fully saturated rings. The molecule has 4 heteroatoms. The van der Waals surface area contributed by atoms with Gasteiger partial charge in [0.15, 0.2) is 5.78 Å². The van der Waals surface area contributed by atoms with Gasteiger partial charge in [0.25, 0.3) is 0 Å². The van der Waals surface area contributed by atoms with Crippen LogP contribution < -0.4 is 0 Å². The molecule has 1 rings (SSSR count). The van der Waals surface area contributed by atoms with E-state index in [1.54, 1.807) is 6.92 Å². The lowest BCUT2D eigenvalue weighted by Gasteiger charge is -2.20. The van der Waals surface area contributed by atoms with Crippen molar-refractivity contribution < 1.29 is 18.7 Å². The fraction of sp³-hybridized carbons (Fsp3) is 0.533. The normalized spacial score (nSPS) is 13.3. The number of ketones is 1. The highest BCUT2D eigenvalue weighted by Gasteiger charge is 2.16. The van der Waals surface area contributed by atoms with E-state index < -0.39 is 6.10 Å². The monoisotopic (exact) mass is 268 g/mol. The van der Waals surface area contributed by atoms with Crippen molar-refractivity contribution in [3.8, 4) is 0 Å². The van der Waals surface area contributed by atoms with Crippen LogP contribution in [0.5, 0.6) is 0 Å². The topological polar surface area (TPSA) is 35.5 Å². The van der Waals surface area contributed by atoms with Gasteiger partial charge in [-0.2, -0.15) is 0 Å². The summed E-state index contributed by atoms with van der Waals surface area (Å²) in [5.41, 5.74) is 0.235. The molecule has 0 aliphatic heterocycles. The summed E-state index contributed by atoms with van der Waals surface area (Å²) in [5, 5.41) is 0. The Morgan fingerprint density at radius 3 is 2.32 bits per heavy atom. The van der Waals surface area contributed by atoms with Crippen LogP contribution in [0.3, 0.4) is 0 Å². The summed E-state index contributed by atoms with van der Waals surface area (Å²) < 4.78 is 23.7. The average molecular weight is 268 g/mol. The molecular weight excluding hydrogens is 247 g/mol. The van der Waals surface area contributed by atoms with Crippen molar-refractivity contribution in [2.75, 3.05) is 13.2 Å². The van der Waals surface area contributed by atoms with Gasteiger partial charge in [-0.1, -0.05) is 0 Å². The van der Waals surface area contributed by atoms with Crippen LogP contribution >= 0.6 is 0 Å². The summed E-state index contributed by atoms with van der Waals surface area (Å²) in [6, 6.07) is 5.46. The lowest BCUT2D eigenvalue weighted by atomic mass is 10.1. The van der Waals surface area contributed by atoms with Crippen molar-refractivity contribution in [1.29, 1.82) is 0 Å². The molecule has 0 bridgehead atoms. The van der Waals surface area contributed by atoms with Gasteiger partial charge in [0.05, 0.1) is 18.8 Å². The minimum Gasteiger partial charge on any atom is -0.373 e. The van der Waals surface area contributed by atoms with Gasteiger partial charge in [-0.3, -0.25) is 4.79 Å². The molecule has 0 aliphatic rings. The first-order valence-electron chi connectivity index (χ1n) is 6.35. The molecule has 3 nitrogen and oxygen atoms in total. The molecule has 0 spiro atoms. The molecule has 0 aromatic heterocycles. The number of Topliss-reactive ketones (excluding diaryl/α,β-unsaturated/α-hetero) is 1. The van der Waals surface area contributed by atoms with Crippen molar-refractivity contribution in [3.63, 3.8) is 0 Å². The Kier molecular flexibility index (Phi) is 5.63. The summed E-state index contributed by atoms with van der Waals surface area (Å²) in [6.07, 6.45) is -0.561. The lowest BCUT2D eigenvalue weighted by Crippen LogP contribution is -2.26. The van der Waals surface area contributed by atoms with Crippen LogP contribution in [0.1, 0.15) is 38.1 Å². The number of benzene rings is 1. The van der Waals surface area contributed by atoms with E-state index in [2.05, 4.69) is 0 Å². The molecule has 1 atom stereocenters. The quantitative estimate of drug-likeness (QED) is 0.587. The largest absolute Gasteiger partial charge is 0.373 e. The summed E-state index contributed by atoms with van der Waals surface area (Å²) >= 11 is 0. The highest BCUT2D eigenvalue weighted by atomic mass is 19.1. The molecule has 0 amide bonds. The highest BCUT2D eigenvalue weighted by Crippen LogP contribution is 2.09. The second-order valence-electron chi connectivity index (χ2n) is 5.34. The Bertz CT molecular complexity index is 406. The SMILES string of the molecule is CC(OCCOC(C)(C)C)C(=O)c1ccc(F)cc1. The predicted molar refractivity (Wildman–Crippen MR) is 71.8 cm³/mol. The van der Waals surface area contributed by atoms with Crippen LogP contribution in [0.2, 0.25) is 0 Å². The van der Waals surface area contributed by atoms with E-state index in [0.717, 1.165) is 0 Å². The van der Waals surface area contributed by atoms with Crippen LogP contribution in [0.15, 0.2) is 24.3 Å². The van der Waals surface area contributed by atoms with E-state index in [9.17, 15) is 9.18 Å². The Labute approximate surface area is 113 Å². The van der Waals surface area contributed by atoms with Crippen molar-refractivity contribution in [3.05, 3.63) is 35.6 Å². The van der Waals surface area contributed by atoms with Crippen molar-refractivity contribution in [2.24, 2.45) is 0 Å². The summed E-state index contributed by atoms with van der Waals surface area (Å²) in [6.45, 7) is 8.35. The third-order valence-electron chi connectivity index (χ3n) is 2.48. The summed E-state index contributed by atoms with van der Waals surface area (Å²) in [7, 11) is 0. The van der Waals surface area contributed by atoms with Crippen LogP contribution in [0, 0.1) is 5.82 Å². The van der Waals surface area contributed by atoms with Crippen molar-refractivity contribution >= 4 is 5.78 Å². The number of carbonyl (C=O) groups excluding carboxylic acids is 1. The number of hydrogen-bond acceptors (Lipinski definition) is 3. The standard InChI is InChI=1S/C15H21FO3/c1-11(18-9-10-19-15(2,3)4)14(17)12-5-7-13(16)8-6-12/h5-8,11H,9-10H2,1-4H3. The zero-order valence-corrected chi connectivity index (χ0v) is 11.9. The maximum Gasteiger partial charge on any atom is 0.191 e. The molecule has 19 heavy (non-hydrogen) atoms. The molecule has 0 radical (unpaired) electrons. The first-order chi connectivity index (χ1) is 8.79. The highest BCUT2D eigenvalue weighted by molar-refractivity contribution is 5.99. The number of halogens is 1. The maximum atomic E-state index is 12.8. The van der Waals surface area contributed by atoms with E-state index in [1.165, 1.54) is 24.3 Å². The van der Waals surface area contributed by atoms with Gasteiger partial charge in [0.1, 0.15) is 11.9 Å². The van der Waals surface area contributed by atoms with Gasteiger partial charge in [0, 0.05) is 5.56 Å². The van der Waals surface area contributed by atoms with E-state index in [-0.39, 0.29) is 17.2 Å². The van der Waals surface area contributed by atoms with Crippen LogP contribution in [-0.4, -0.2) is 30.7 Å². The Morgan fingerprint density at radius 1 is 1.21 bits per heavy atom. The number of rotatable bonds is 6. The Balaban J connectivity index is 2.39. The number of hydrogen-bond donors (Lipinski definition) is 0. The van der Waals surface area contributed by atoms with Crippen molar-refractivity contribution in [2.45, 2.75) is 39.4 Å². The number of ether oxygens (including phenoxy) is 2. The van der Waals surface area contributed by atoms with E-state index >= 15 is 0 Å².